The molecule has 16 heavy (non-hydrogen) atoms. The van der Waals surface area contributed by atoms with Crippen LogP contribution in [0.3, 0.4) is 0 Å². The second-order valence-electron chi connectivity index (χ2n) is 5.97. The molecule has 3 heteroatoms. The van der Waals surface area contributed by atoms with Crippen LogP contribution in [0.5, 0.6) is 0 Å². The molecule has 2 fully saturated rings. The Morgan fingerprint density at radius 2 is 1.88 bits per heavy atom. The Morgan fingerprint density at radius 1 is 1.25 bits per heavy atom. The predicted molar refractivity (Wildman–Crippen MR) is 61.1 cm³/mol. The Labute approximate surface area is 97.5 Å². The summed E-state index contributed by atoms with van der Waals surface area (Å²) >= 11 is 0. The second-order valence-corrected chi connectivity index (χ2v) is 5.97. The lowest BCUT2D eigenvalue weighted by Gasteiger charge is -2.29. The van der Waals surface area contributed by atoms with Gasteiger partial charge in [0.1, 0.15) is 5.78 Å². The van der Waals surface area contributed by atoms with E-state index >= 15 is 0 Å². The van der Waals surface area contributed by atoms with E-state index in [-0.39, 0.29) is 5.41 Å². The third kappa shape index (κ3) is 2.46. The molecule has 3 nitrogen and oxygen atoms in total. The van der Waals surface area contributed by atoms with Crippen LogP contribution in [-0.4, -0.2) is 24.8 Å². The fraction of sp³-hybridized carbons (Fsp3) is 0.923. The van der Waals surface area contributed by atoms with E-state index in [4.69, 9.17) is 9.47 Å². The van der Waals surface area contributed by atoms with Gasteiger partial charge in [0.15, 0.2) is 5.79 Å². The molecule has 1 aliphatic carbocycles. The predicted octanol–water partition coefficient (Wildman–Crippen LogP) is 2.53. The SMILES string of the molecule is CC1(CC[C@H]2CC(=O)CC2(C)C)OCCO1. The van der Waals surface area contributed by atoms with E-state index in [1.807, 2.05) is 6.92 Å². The molecule has 0 unspecified atom stereocenters. The van der Waals surface area contributed by atoms with E-state index in [9.17, 15) is 4.79 Å². The molecule has 0 amide bonds. The van der Waals surface area contributed by atoms with Gasteiger partial charge in [0.25, 0.3) is 0 Å². The maximum absolute atomic E-state index is 11.5. The van der Waals surface area contributed by atoms with E-state index < -0.39 is 5.79 Å². The van der Waals surface area contributed by atoms with Crippen molar-refractivity contribution in [2.24, 2.45) is 11.3 Å². The number of carbonyl (C=O) groups excluding carboxylic acids is 1. The zero-order valence-electron chi connectivity index (χ0n) is 10.5. The Hall–Kier alpha value is -0.410. The fourth-order valence-electron chi connectivity index (χ4n) is 2.91. The van der Waals surface area contributed by atoms with Gasteiger partial charge < -0.3 is 9.47 Å². The number of carbonyl (C=O) groups is 1. The van der Waals surface area contributed by atoms with Gasteiger partial charge >= 0.3 is 0 Å². The molecular formula is C13H22O3. The van der Waals surface area contributed by atoms with E-state index in [0.29, 0.717) is 24.9 Å². The molecule has 0 radical (unpaired) electrons. The van der Waals surface area contributed by atoms with E-state index in [2.05, 4.69) is 13.8 Å². The largest absolute Gasteiger partial charge is 0.348 e. The van der Waals surface area contributed by atoms with Crippen molar-refractivity contribution in [1.29, 1.82) is 0 Å². The van der Waals surface area contributed by atoms with Crippen molar-refractivity contribution in [3.63, 3.8) is 0 Å². The van der Waals surface area contributed by atoms with Gasteiger partial charge in [-0.1, -0.05) is 13.8 Å². The first-order valence-electron chi connectivity index (χ1n) is 6.21. The molecule has 0 aromatic carbocycles. The molecule has 0 aromatic heterocycles. The average Bonchev–Trinajstić information content (AvgIpc) is 2.68. The van der Waals surface area contributed by atoms with Gasteiger partial charge in [-0.05, 0) is 24.7 Å². The second kappa shape index (κ2) is 4.11. The van der Waals surface area contributed by atoms with E-state index in [0.717, 1.165) is 25.7 Å². The van der Waals surface area contributed by atoms with Crippen LogP contribution >= 0.6 is 0 Å². The number of ether oxygens (including phenoxy) is 2. The molecule has 1 heterocycles. The van der Waals surface area contributed by atoms with E-state index in [1.165, 1.54) is 0 Å². The van der Waals surface area contributed by atoms with Gasteiger partial charge in [0.05, 0.1) is 13.2 Å². The highest BCUT2D eigenvalue weighted by Gasteiger charge is 2.41. The van der Waals surface area contributed by atoms with Crippen LogP contribution < -0.4 is 0 Å². The molecule has 0 bridgehead atoms. The van der Waals surface area contributed by atoms with Crippen LogP contribution in [0.25, 0.3) is 0 Å². The summed E-state index contributed by atoms with van der Waals surface area (Å²) in [4.78, 5) is 11.5. The Kier molecular flexibility index (Phi) is 3.10. The van der Waals surface area contributed by atoms with E-state index in [1.54, 1.807) is 0 Å². The highest BCUT2D eigenvalue weighted by atomic mass is 16.7. The average molecular weight is 226 g/mol. The lowest BCUT2D eigenvalue weighted by atomic mass is 9.79. The Bertz CT molecular complexity index is 277. The van der Waals surface area contributed by atoms with Crippen molar-refractivity contribution >= 4 is 5.78 Å². The molecule has 1 saturated heterocycles. The van der Waals surface area contributed by atoms with Gasteiger partial charge in [-0.2, -0.15) is 0 Å². The summed E-state index contributed by atoms with van der Waals surface area (Å²) in [5.74, 6) is 0.500. The topological polar surface area (TPSA) is 35.5 Å². The minimum absolute atomic E-state index is 0.159. The summed E-state index contributed by atoms with van der Waals surface area (Å²) in [5.41, 5.74) is 0.159. The monoisotopic (exact) mass is 226 g/mol. The highest BCUT2D eigenvalue weighted by Crippen LogP contribution is 2.44. The third-order valence-electron chi connectivity index (χ3n) is 4.08. The summed E-state index contributed by atoms with van der Waals surface area (Å²) in [7, 11) is 0. The van der Waals surface area contributed by atoms with Gasteiger partial charge in [-0.25, -0.2) is 0 Å². The summed E-state index contributed by atoms with van der Waals surface area (Å²) in [6, 6.07) is 0. The van der Waals surface area contributed by atoms with Gasteiger partial charge in [-0.15, -0.1) is 0 Å². The van der Waals surface area contributed by atoms with Crippen molar-refractivity contribution in [3.05, 3.63) is 0 Å². The van der Waals surface area contributed by atoms with Crippen molar-refractivity contribution in [2.75, 3.05) is 13.2 Å². The van der Waals surface area contributed by atoms with Gasteiger partial charge in [0.2, 0.25) is 0 Å². The third-order valence-corrected chi connectivity index (χ3v) is 4.08. The molecule has 1 aliphatic heterocycles. The zero-order valence-corrected chi connectivity index (χ0v) is 10.5. The summed E-state index contributed by atoms with van der Waals surface area (Å²) < 4.78 is 11.2. The van der Waals surface area contributed by atoms with Gasteiger partial charge in [0, 0.05) is 19.3 Å². The van der Waals surface area contributed by atoms with Crippen LogP contribution in [-0.2, 0) is 14.3 Å². The number of Topliss-reactive ketones (excluding diaryl/α,β-unsaturated/α-hetero) is 1. The number of ketones is 1. The Morgan fingerprint density at radius 3 is 2.38 bits per heavy atom. The summed E-state index contributed by atoms with van der Waals surface area (Å²) in [6.45, 7) is 7.79. The first-order chi connectivity index (χ1) is 7.41. The summed E-state index contributed by atoms with van der Waals surface area (Å²) in [5, 5.41) is 0. The smallest absolute Gasteiger partial charge is 0.165 e. The minimum atomic E-state index is -0.401. The van der Waals surface area contributed by atoms with Crippen LogP contribution in [0.15, 0.2) is 0 Å². The first kappa shape index (κ1) is 12.1. The van der Waals surface area contributed by atoms with Crippen LogP contribution in [0.2, 0.25) is 0 Å². The summed E-state index contributed by atoms with van der Waals surface area (Å²) in [6.07, 6.45) is 3.39. The first-order valence-corrected chi connectivity index (χ1v) is 6.21. The molecule has 0 N–H and O–H groups in total. The van der Waals surface area contributed by atoms with Gasteiger partial charge in [-0.3, -0.25) is 4.79 Å². The maximum atomic E-state index is 11.5. The lowest BCUT2D eigenvalue weighted by molar-refractivity contribution is -0.150. The molecule has 1 saturated carbocycles. The fourth-order valence-corrected chi connectivity index (χ4v) is 2.91. The molecule has 2 rings (SSSR count). The molecule has 0 spiro atoms. The van der Waals surface area contributed by atoms with Crippen LogP contribution in [0.1, 0.15) is 46.5 Å². The normalized spacial score (nSPS) is 32.2. The van der Waals surface area contributed by atoms with Crippen molar-refractivity contribution in [2.45, 2.75) is 52.2 Å². The van der Waals surface area contributed by atoms with Crippen molar-refractivity contribution in [1.82, 2.24) is 0 Å². The molecule has 0 aromatic rings. The standard InChI is InChI=1S/C13H22O3/c1-12(2)9-11(14)8-10(12)4-5-13(3)15-6-7-16-13/h10H,4-9H2,1-3H3/t10-/m0/s1. The molecule has 1 atom stereocenters. The van der Waals surface area contributed by atoms with Crippen molar-refractivity contribution < 1.29 is 14.3 Å². The maximum Gasteiger partial charge on any atom is 0.165 e. The quantitative estimate of drug-likeness (QED) is 0.742. The zero-order chi connectivity index (χ0) is 11.8. The number of hydrogen-bond donors (Lipinski definition) is 0. The van der Waals surface area contributed by atoms with Crippen LogP contribution in [0, 0.1) is 11.3 Å². The minimum Gasteiger partial charge on any atom is -0.348 e. The highest BCUT2D eigenvalue weighted by molar-refractivity contribution is 5.81. The van der Waals surface area contributed by atoms with Crippen molar-refractivity contribution in [3.8, 4) is 0 Å². The number of rotatable bonds is 3. The molecule has 2 aliphatic rings. The van der Waals surface area contributed by atoms with Crippen LogP contribution in [0.4, 0.5) is 0 Å². The molecular weight excluding hydrogens is 204 g/mol. The lowest BCUT2D eigenvalue weighted by Crippen LogP contribution is -2.28. The Balaban J connectivity index is 1.88. The molecule has 92 valence electrons. The number of hydrogen-bond acceptors (Lipinski definition) is 3.